The maximum absolute atomic E-state index is 3.45. The number of para-hydroxylation sites is 1. The van der Waals surface area contributed by atoms with Crippen LogP contribution in [0.3, 0.4) is 0 Å². The highest BCUT2D eigenvalue weighted by atomic mass is 15.2. The van der Waals surface area contributed by atoms with Crippen molar-refractivity contribution in [2.45, 2.75) is 52.1 Å². The second-order valence-corrected chi connectivity index (χ2v) is 6.09. The third-order valence-electron chi connectivity index (χ3n) is 3.93. The number of nitrogens with zero attached hydrogens (tertiary/aromatic N) is 1. The predicted octanol–water partition coefficient (Wildman–Crippen LogP) is 3.98. The van der Waals surface area contributed by atoms with E-state index in [-0.39, 0.29) is 0 Å². The minimum Gasteiger partial charge on any atom is -0.368 e. The second-order valence-electron chi connectivity index (χ2n) is 6.09. The van der Waals surface area contributed by atoms with Gasteiger partial charge in [0.15, 0.2) is 0 Å². The Hall–Kier alpha value is -1.02. The summed E-state index contributed by atoms with van der Waals surface area (Å²) in [7, 11) is 2.06. The van der Waals surface area contributed by atoms with Crippen LogP contribution in [0, 0.1) is 5.92 Å². The Kier molecular flexibility index (Phi) is 4.87. The average Bonchev–Trinajstić information content (AvgIpc) is 3.22. The number of anilines is 1. The van der Waals surface area contributed by atoms with E-state index in [0.717, 1.165) is 12.5 Å². The normalized spacial score (nSPS) is 16.7. The van der Waals surface area contributed by atoms with Gasteiger partial charge in [0.05, 0.1) is 0 Å². The molecule has 0 heterocycles. The molecule has 2 heteroatoms. The van der Waals surface area contributed by atoms with Crippen LogP contribution < -0.4 is 10.2 Å². The molecule has 1 N–H and O–H groups in total. The van der Waals surface area contributed by atoms with Gasteiger partial charge in [0, 0.05) is 24.3 Å². The Bertz CT molecular complexity index is 392. The molecule has 1 aliphatic carbocycles. The standard InChI is InChI=1S/C17H28N2/c1-5-16(18-4)15-8-6-7-9-17(15)19(12-13(2)3)14-10-11-14/h6-9,13-14,16,18H,5,10-12H2,1-4H3. The Labute approximate surface area is 118 Å². The van der Waals surface area contributed by atoms with Crippen molar-refractivity contribution in [1.29, 1.82) is 0 Å². The number of benzene rings is 1. The lowest BCUT2D eigenvalue weighted by molar-refractivity contribution is 0.565. The van der Waals surface area contributed by atoms with Crippen LogP contribution >= 0.6 is 0 Å². The highest BCUT2D eigenvalue weighted by molar-refractivity contribution is 5.56. The van der Waals surface area contributed by atoms with E-state index >= 15 is 0 Å². The SMILES string of the molecule is CCC(NC)c1ccccc1N(CC(C)C)C1CC1. The Morgan fingerprint density at radius 2 is 1.95 bits per heavy atom. The molecule has 0 amide bonds. The van der Waals surface area contributed by atoms with E-state index in [4.69, 9.17) is 0 Å². The van der Waals surface area contributed by atoms with Crippen LogP contribution in [-0.4, -0.2) is 19.6 Å². The van der Waals surface area contributed by atoms with E-state index in [2.05, 4.69) is 62.3 Å². The van der Waals surface area contributed by atoms with Gasteiger partial charge in [-0.05, 0) is 43.9 Å². The number of rotatable bonds is 7. The second kappa shape index (κ2) is 6.42. The summed E-state index contributed by atoms with van der Waals surface area (Å²) in [5, 5.41) is 3.45. The molecule has 0 saturated heterocycles. The third kappa shape index (κ3) is 3.50. The van der Waals surface area contributed by atoms with Gasteiger partial charge in [-0.2, -0.15) is 0 Å². The highest BCUT2D eigenvalue weighted by Crippen LogP contribution is 2.36. The molecule has 0 bridgehead atoms. The smallest absolute Gasteiger partial charge is 0.0417 e. The maximum Gasteiger partial charge on any atom is 0.0417 e. The topological polar surface area (TPSA) is 15.3 Å². The summed E-state index contributed by atoms with van der Waals surface area (Å²) >= 11 is 0. The van der Waals surface area contributed by atoms with Gasteiger partial charge in [0.25, 0.3) is 0 Å². The molecule has 1 aromatic carbocycles. The van der Waals surface area contributed by atoms with Crippen LogP contribution in [0.15, 0.2) is 24.3 Å². The minimum atomic E-state index is 0.463. The minimum absolute atomic E-state index is 0.463. The van der Waals surface area contributed by atoms with E-state index in [1.165, 1.54) is 30.6 Å². The molecule has 0 radical (unpaired) electrons. The van der Waals surface area contributed by atoms with Crippen molar-refractivity contribution in [3.8, 4) is 0 Å². The molecule has 1 aliphatic rings. The molecule has 1 fully saturated rings. The Morgan fingerprint density at radius 3 is 2.47 bits per heavy atom. The fourth-order valence-electron chi connectivity index (χ4n) is 2.85. The molecule has 0 aromatic heterocycles. The molecule has 2 nitrogen and oxygen atoms in total. The summed E-state index contributed by atoms with van der Waals surface area (Å²) in [6.45, 7) is 8.05. The lowest BCUT2D eigenvalue weighted by Gasteiger charge is -2.31. The predicted molar refractivity (Wildman–Crippen MR) is 83.7 cm³/mol. The van der Waals surface area contributed by atoms with Crippen molar-refractivity contribution >= 4 is 5.69 Å². The summed E-state index contributed by atoms with van der Waals surface area (Å²) in [5.74, 6) is 0.711. The summed E-state index contributed by atoms with van der Waals surface area (Å²) < 4.78 is 0. The van der Waals surface area contributed by atoms with Crippen LogP contribution in [-0.2, 0) is 0 Å². The molecule has 106 valence electrons. The average molecular weight is 260 g/mol. The van der Waals surface area contributed by atoms with Gasteiger partial charge in [-0.3, -0.25) is 0 Å². The van der Waals surface area contributed by atoms with E-state index in [0.29, 0.717) is 12.0 Å². The molecule has 2 rings (SSSR count). The van der Waals surface area contributed by atoms with Crippen LogP contribution in [0.1, 0.15) is 51.6 Å². The molecular weight excluding hydrogens is 232 g/mol. The molecule has 19 heavy (non-hydrogen) atoms. The van der Waals surface area contributed by atoms with E-state index in [9.17, 15) is 0 Å². The zero-order chi connectivity index (χ0) is 13.8. The maximum atomic E-state index is 3.45. The largest absolute Gasteiger partial charge is 0.368 e. The molecule has 1 saturated carbocycles. The Morgan fingerprint density at radius 1 is 1.26 bits per heavy atom. The van der Waals surface area contributed by atoms with Crippen LogP contribution in [0.2, 0.25) is 0 Å². The summed E-state index contributed by atoms with van der Waals surface area (Å²) in [5.41, 5.74) is 2.90. The number of hydrogen-bond donors (Lipinski definition) is 1. The first-order valence-electron chi connectivity index (χ1n) is 7.70. The van der Waals surface area contributed by atoms with E-state index in [1.807, 2.05) is 0 Å². The van der Waals surface area contributed by atoms with Gasteiger partial charge in [0.2, 0.25) is 0 Å². The molecular formula is C17H28N2. The lowest BCUT2D eigenvalue weighted by Crippen LogP contribution is -2.31. The highest BCUT2D eigenvalue weighted by Gasteiger charge is 2.31. The lowest BCUT2D eigenvalue weighted by atomic mass is 10.0. The van der Waals surface area contributed by atoms with Crippen molar-refractivity contribution in [3.63, 3.8) is 0 Å². The third-order valence-corrected chi connectivity index (χ3v) is 3.93. The quantitative estimate of drug-likeness (QED) is 0.797. The van der Waals surface area contributed by atoms with Crippen molar-refractivity contribution in [1.82, 2.24) is 5.32 Å². The summed E-state index contributed by atoms with van der Waals surface area (Å²) in [6.07, 6.45) is 3.85. The van der Waals surface area contributed by atoms with Gasteiger partial charge >= 0.3 is 0 Å². The first kappa shape index (κ1) is 14.4. The molecule has 0 spiro atoms. The van der Waals surface area contributed by atoms with Gasteiger partial charge in [-0.25, -0.2) is 0 Å². The van der Waals surface area contributed by atoms with Crippen molar-refractivity contribution in [2.24, 2.45) is 5.92 Å². The first-order valence-corrected chi connectivity index (χ1v) is 7.70. The van der Waals surface area contributed by atoms with Gasteiger partial charge in [0.1, 0.15) is 0 Å². The number of hydrogen-bond acceptors (Lipinski definition) is 2. The van der Waals surface area contributed by atoms with Gasteiger partial charge < -0.3 is 10.2 Å². The summed E-state index contributed by atoms with van der Waals surface area (Å²) in [4.78, 5) is 2.64. The zero-order valence-corrected chi connectivity index (χ0v) is 12.8. The van der Waals surface area contributed by atoms with Gasteiger partial charge in [-0.15, -0.1) is 0 Å². The molecule has 1 unspecified atom stereocenters. The van der Waals surface area contributed by atoms with Crippen molar-refractivity contribution < 1.29 is 0 Å². The first-order chi connectivity index (χ1) is 9.17. The van der Waals surface area contributed by atoms with E-state index < -0.39 is 0 Å². The fourth-order valence-corrected chi connectivity index (χ4v) is 2.85. The van der Waals surface area contributed by atoms with E-state index in [1.54, 1.807) is 0 Å². The summed E-state index contributed by atoms with van der Waals surface area (Å²) in [6, 6.07) is 10.2. The van der Waals surface area contributed by atoms with Gasteiger partial charge in [-0.1, -0.05) is 39.0 Å². The van der Waals surface area contributed by atoms with Crippen LogP contribution in [0.4, 0.5) is 5.69 Å². The number of nitrogens with one attached hydrogen (secondary N) is 1. The van der Waals surface area contributed by atoms with Crippen molar-refractivity contribution in [2.75, 3.05) is 18.5 Å². The van der Waals surface area contributed by atoms with Crippen LogP contribution in [0.5, 0.6) is 0 Å². The molecule has 1 atom stereocenters. The zero-order valence-electron chi connectivity index (χ0n) is 12.8. The molecule has 0 aliphatic heterocycles. The van der Waals surface area contributed by atoms with Crippen LogP contribution in [0.25, 0.3) is 0 Å². The fraction of sp³-hybridized carbons (Fsp3) is 0.647. The van der Waals surface area contributed by atoms with Crippen molar-refractivity contribution in [3.05, 3.63) is 29.8 Å². The monoisotopic (exact) mass is 260 g/mol. The Balaban J connectivity index is 2.30. The molecule has 1 aromatic rings.